The lowest BCUT2D eigenvalue weighted by molar-refractivity contribution is -0.139. The van der Waals surface area contributed by atoms with Gasteiger partial charge in [0.15, 0.2) is 0 Å². The number of benzene rings is 1. The van der Waals surface area contributed by atoms with Crippen LogP contribution in [0.4, 0.5) is 4.79 Å². The number of amides is 4. The van der Waals surface area contributed by atoms with E-state index in [1.54, 1.807) is 11.8 Å². The molecule has 2 aliphatic rings. The molecule has 1 aliphatic carbocycles. The van der Waals surface area contributed by atoms with Crippen molar-refractivity contribution in [2.24, 2.45) is 0 Å². The molecule has 6 heteroatoms. The van der Waals surface area contributed by atoms with Crippen LogP contribution in [0, 0.1) is 6.92 Å². The van der Waals surface area contributed by atoms with Gasteiger partial charge >= 0.3 is 6.03 Å². The molecule has 6 nitrogen and oxygen atoms in total. The fraction of sp³-hybridized carbons (Fsp3) is 0.500. The lowest BCUT2D eigenvalue weighted by Crippen LogP contribution is -2.45. The summed E-state index contributed by atoms with van der Waals surface area (Å²) in [6, 6.07) is 7.23. The molecule has 1 N–H and O–H groups in total. The van der Waals surface area contributed by atoms with Crippen LogP contribution in [-0.2, 0) is 15.1 Å². The van der Waals surface area contributed by atoms with Gasteiger partial charge in [0.2, 0.25) is 5.91 Å². The Labute approximate surface area is 141 Å². The number of carbonyl (C=O) groups excluding carboxylic acids is 3. The number of nitrogens with zero attached hydrogens (tertiary/aromatic N) is 2. The molecule has 24 heavy (non-hydrogen) atoms. The lowest BCUT2D eigenvalue weighted by Gasteiger charge is -2.24. The highest BCUT2D eigenvalue weighted by molar-refractivity contribution is 6.09. The summed E-state index contributed by atoms with van der Waals surface area (Å²) in [6.07, 6.45) is 2.00. The van der Waals surface area contributed by atoms with Gasteiger partial charge in [-0.3, -0.25) is 14.5 Å². The average molecular weight is 329 g/mol. The summed E-state index contributed by atoms with van der Waals surface area (Å²) in [5, 5.41) is 2.74. The molecule has 0 aromatic heterocycles. The van der Waals surface area contributed by atoms with Crippen LogP contribution < -0.4 is 5.32 Å². The molecule has 1 saturated carbocycles. The molecule has 2 fully saturated rings. The summed E-state index contributed by atoms with van der Waals surface area (Å²) >= 11 is 0. The van der Waals surface area contributed by atoms with Gasteiger partial charge < -0.3 is 10.2 Å². The second-order valence-corrected chi connectivity index (χ2v) is 6.72. The predicted octanol–water partition coefficient (Wildman–Crippen LogP) is 1.77. The van der Waals surface area contributed by atoms with Gasteiger partial charge in [0, 0.05) is 12.6 Å². The summed E-state index contributed by atoms with van der Waals surface area (Å²) < 4.78 is 0. The Bertz CT molecular complexity index is 681. The molecular formula is C18H23N3O3. The fourth-order valence-electron chi connectivity index (χ4n) is 3.17. The summed E-state index contributed by atoms with van der Waals surface area (Å²) in [4.78, 5) is 40.4. The first kappa shape index (κ1) is 16.5. The first-order valence-electron chi connectivity index (χ1n) is 8.37. The van der Waals surface area contributed by atoms with Gasteiger partial charge in [-0.15, -0.1) is 0 Å². The minimum atomic E-state index is -1.12. The molecule has 0 radical (unpaired) electrons. The van der Waals surface area contributed by atoms with E-state index in [-0.39, 0.29) is 24.4 Å². The third kappa shape index (κ3) is 2.77. The van der Waals surface area contributed by atoms with Crippen molar-refractivity contribution in [1.29, 1.82) is 0 Å². The standard InChI is InChI=1S/C18H23N3O3/c1-4-20(14-9-10-14)15(22)11-21-16(23)18(3,19-17(21)24)13-7-5-12(2)6-8-13/h5-8,14H,4,9-11H2,1-3H3,(H,19,24)/t18-/m1/s1. The SMILES string of the molecule is CCN(C(=O)CN1C(=O)N[C@](C)(c2ccc(C)cc2)C1=O)C1CC1. The maximum absolute atomic E-state index is 12.8. The van der Waals surface area contributed by atoms with Crippen LogP contribution in [0.25, 0.3) is 0 Å². The third-order valence-electron chi connectivity index (χ3n) is 4.85. The molecule has 1 saturated heterocycles. The predicted molar refractivity (Wildman–Crippen MR) is 89.2 cm³/mol. The lowest BCUT2D eigenvalue weighted by atomic mass is 9.91. The molecule has 0 bridgehead atoms. The van der Waals surface area contributed by atoms with Gasteiger partial charge in [0.05, 0.1) is 0 Å². The number of hydrogen-bond donors (Lipinski definition) is 1. The van der Waals surface area contributed by atoms with E-state index in [1.807, 2.05) is 38.1 Å². The molecule has 1 heterocycles. The zero-order valence-corrected chi connectivity index (χ0v) is 14.3. The summed E-state index contributed by atoms with van der Waals surface area (Å²) in [7, 11) is 0. The van der Waals surface area contributed by atoms with Crippen LogP contribution in [0.2, 0.25) is 0 Å². The van der Waals surface area contributed by atoms with Crippen molar-refractivity contribution in [3.8, 4) is 0 Å². The van der Waals surface area contributed by atoms with E-state index in [1.165, 1.54) is 0 Å². The zero-order chi connectivity index (χ0) is 17.5. The van der Waals surface area contributed by atoms with E-state index >= 15 is 0 Å². The minimum absolute atomic E-state index is 0.170. The Balaban J connectivity index is 1.78. The number of hydrogen-bond acceptors (Lipinski definition) is 3. The van der Waals surface area contributed by atoms with Crippen molar-refractivity contribution in [1.82, 2.24) is 15.1 Å². The molecule has 0 spiro atoms. The molecule has 128 valence electrons. The van der Waals surface area contributed by atoms with Crippen molar-refractivity contribution < 1.29 is 14.4 Å². The second kappa shape index (κ2) is 5.92. The number of carbonyl (C=O) groups is 3. The molecule has 4 amide bonds. The normalized spacial score (nSPS) is 23.4. The molecule has 0 unspecified atom stereocenters. The molecule has 1 aromatic carbocycles. The van der Waals surface area contributed by atoms with Crippen LogP contribution in [0.5, 0.6) is 0 Å². The quantitative estimate of drug-likeness (QED) is 0.837. The van der Waals surface area contributed by atoms with Crippen LogP contribution in [-0.4, -0.2) is 46.8 Å². The summed E-state index contributed by atoms with van der Waals surface area (Å²) in [6.45, 7) is 5.96. The van der Waals surface area contributed by atoms with Crippen LogP contribution >= 0.6 is 0 Å². The maximum atomic E-state index is 12.8. The van der Waals surface area contributed by atoms with Crippen molar-refractivity contribution in [2.75, 3.05) is 13.1 Å². The second-order valence-electron chi connectivity index (χ2n) is 6.72. The van der Waals surface area contributed by atoms with E-state index in [4.69, 9.17) is 0 Å². The Morgan fingerprint density at radius 3 is 2.46 bits per heavy atom. The number of nitrogens with one attached hydrogen (secondary N) is 1. The largest absolute Gasteiger partial charge is 0.338 e. The van der Waals surface area contributed by atoms with E-state index in [0.29, 0.717) is 6.54 Å². The van der Waals surface area contributed by atoms with E-state index < -0.39 is 11.6 Å². The van der Waals surface area contributed by atoms with Crippen molar-refractivity contribution >= 4 is 17.8 Å². The number of imide groups is 1. The van der Waals surface area contributed by atoms with E-state index in [2.05, 4.69) is 5.32 Å². The van der Waals surface area contributed by atoms with Crippen molar-refractivity contribution in [3.63, 3.8) is 0 Å². The topological polar surface area (TPSA) is 69.7 Å². The third-order valence-corrected chi connectivity index (χ3v) is 4.85. The Morgan fingerprint density at radius 2 is 1.92 bits per heavy atom. The van der Waals surface area contributed by atoms with E-state index in [9.17, 15) is 14.4 Å². The number of urea groups is 1. The van der Waals surface area contributed by atoms with Gasteiger partial charge in [-0.25, -0.2) is 4.79 Å². The van der Waals surface area contributed by atoms with Crippen LogP contribution in [0.15, 0.2) is 24.3 Å². The molecule has 1 aromatic rings. The minimum Gasteiger partial charge on any atom is -0.338 e. The highest BCUT2D eigenvalue weighted by Crippen LogP contribution is 2.30. The highest BCUT2D eigenvalue weighted by Gasteiger charge is 2.50. The maximum Gasteiger partial charge on any atom is 0.325 e. The van der Waals surface area contributed by atoms with Crippen molar-refractivity contribution in [3.05, 3.63) is 35.4 Å². The Morgan fingerprint density at radius 1 is 1.29 bits per heavy atom. The first-order chi connectivity index (χ1) is 11.4. The molecule has 3 rings (SSSR count). The van der Waals surface area contributed by atoms with Crippen molar-refractivity contribution in [2.45, 2.75) is 45.2 Å². The Kier molecular flexibility index (Phi) is 4.07. The highest BCUT2D eigenvalue weighted by atomic mass is 16.2. The number of rotatable bonds is 5. The zero-order valence-electron chi connectivity index (χ0n) is 14.3. The monoisotopic (exact) mass is 329 g/mol. The van der Waals surface area contributed by atoms with Gasteiger partial charge in [-0.1, -0.05) is 29.8 Å². The van der Waals surface area contributed by atoms with Crippen LogP contribution in [0.1, 0.15) is 37.8 Å². The summed E-state index contributed by atoms with van der Waals surface area (Å²) in [5.74, 6) is -0.548. The van der Waals surface area contributed by atoms with Crippen LogP contribution in [0.3, 0.4) is 0 Å². The van der Waals surface area contributed by atoms with Gasteiger partial charge in [0.1, 0.15) is 12.1 Å². The van der Waals surface area contributed by atoms with E-state index in [0.717, 1.165) is 28.9 Å². The smallest absolute Gasteiger partial charge is 0.325 e. The average Bonchev–Trinajstić information content (AvgIpc) is 3.34. The molecule has 1 aliphatic heterocycles. The number of likely N-dealkylation sites (N-methyl/N-ethyl adjacent to an activating group) is 1. The number of aryl methyl sites for hydroxylation is 1. The summed E-state index contributed by atoms with van der Waals surface area (Å²) in [5.41, 5.74) is 0.673. The molecular weight excluding hydrogens is 306 g/mol. The van der Waals surface area contributed by atoms with Gasteiger partial charge in [-0.2, -0.15) is 0 Å². The fourth-order valence-corrected chi connectivity index (χ4v) is 3.17. The van der Waals surface area contributed by atoms with Gasteiger partial charge in [0.25, 0.3) is 5.91 Å². The first-order valence-corrected chi connectivity index (χ1v) is 8.37. The Hall–Kier alpha value is -2.37. The van der Waals surface area contributed by atoms with Gasteiger partial charge in [-0.05, 0) is 39.2 Å². The molecule has 1 atom stereocenters.